The van der Waals surface area contributed by atoms with Gasteiger partial charge in [0.2, 0.25) is 0 Å². The molecule has 1 aromatic carbocycles. The maximum atomic E-state index is 6.00. The molecule has 0 aliphatic carbocycles. The number of benzene rings is 1. The van der Waals surface area contributed by atoms with Crippen LogP contribution in [-0.4, -0.2) is 13.7 Å². The van der Waals surface area contributed by atoms with Crippen molar-refractivity contribution in [2.45, 2.75) is 26.7 Å². The molecule has 0 saturated heterocycles. The van der Waals surface area contributed by atoms with Crippen LogP contribution in [0.5, 0.6) is 5.75 Å². The van der Waals surface area contributed by atoms with Crippen molar-refractivity contribution in [3.63, 3.8) is 0 Å². The molecule has 0 amide bonds. The van der Waals surface area contributed by atoms with Gasteiger partial charge >= 0.3 is 0 Å². The van der Waals surface area contributed by atoms with Crippen LogP contribution in [0.1, 0.15) is 25.8 Å². The average Bonchev–Trinajstić information content (AvgIpc) is 2.29. The summed E-state index contributed by atoms with van der Waals surface area (Å²) < 4.78 is 5.34. The van der Waals surface area contributed by atoms with E-state index in [1.54, 1.807) is 7.11 Å². The molecule has 0 aliphatic heterocycles. The lowest BCUT2D eigenvalue weighted by atomic mass is 9.81. The van der Waals surface area contributed by atoms with Crippen LogP contribution in [0.15, 0.2) is 18.2 Å². The van der Waals surface area contributed by atoms with Gasteiger partial charge in [0.15, 0.2) is 0 Å². The van der Waals surface area contributed by atoms with Gasteiger partial charge in [-0.25, -0.2) is 0 Å². The Bertz CT molecular complexity index is 348. The van der Waals surface area contributed by atoms with Gasteiger partial charge < -0.3 is 10.5 Å². The van der Waals surface area contributed by atoms with E-state index in [4.69, 9.17) is 22.1 Å². The highest BCUT2D eigenvalue weighted by Crippen LogP contribution is 2.31. The molecule has 1 aromatic rings. The summed E-state index contributed by atoms with van der Waals surface area (Å²) in [6.07, 6.45) is 1.93. The molecule has 1 atom stereocenters. The zero-order valence-electron chi connectivity index (χ0n) is 10.2. The number of hydrogen-bond donors (Lipinski definition) is 1. The molecule has 3 heteroatoms. The molecule has 1 rings (SSSR count). The maximum Gasteiger partial charge on any atom is 0.122 e. The predicted molar refractivity (Wildman–Crippen MR) is 69.2 cm³/mol. The first-order chi connectivity index (χ1) is 7.54. The molecule has 0 radical (unpaired) electrons. The summed E-state index contributed by atoms with van der Waals surface area (Å²) >= 11 is 6.00. The van der Waals surface area contributed by atoms with Crippen LogP contribution < -0.4 is 10.5 Å². The minimum atomic E-state index is 0.109. The Balaban J connectivity index is 2.98. The van der Waals surface area contributed by atoms with Gasteiger partial charge in [-0.15, -0.1) is 0 Å². The van der Waals surface area contributed by atoms with Crippen LogP contribution in [-0.2, 0) is 6.42 Å². The van der Waals surface area contributed by atoms with E-state index in [1.807, 2.05) is 18.2 Å². The van der Waals surface area contributed by atoms with E-state index in [2.05, 4.69) is 13.8 Å². The van der Waals surface area contributed by atoms with E-state index in [1.165, 1.54) is 0 Å². The van der Waals surface area contributed by atoms with Gasteiger partial charge in [-0.1, -0.05) is 25.4 Å². The van der Waals surface area contributed by atoms with E-state index < -0.39 is 0 Å². The largest absolute Gasteiger partial charge is 0.496 e. The molecule has 2 nitrogen and oxygen atoms in total. The fourth-order valence-electron chi connectivity index (χ4n) is 1.69. The molecular weight excluding hydrogens is 222 g/mol. The molecule has 0 heterocycles. The standard InChI is InChI=1S/C13H20ClNO/c1-4-13(2,9-15)8-10-7-11(14)5-6-12(10)16-3/h5-7H,4,8-9,15H2,1-3H3. The molecule has 0 fully saturated rings. The molecule has 2 N–H and O–H groups in total. The highest BCUT2D eigenvalue weighted by Gasteiger charge is 2.22. The zero-order chi connectivity index (χ0) is 12.2. The number of ether oxygens (including phenoxy) is 1. The lowest BCUT2D eigenvalue weighted by molar-refractivity contribution is 0.313. The molecule has 0 spiro atoms. The van der Waals surface area contributed by atoms with Crippen LogP contribution in [0.3, 0.4) is 0 Å². The molecule has 0 aromatic heterocycles. The molecule has 16 heavy (non-hydrogen) atoms. The highest BCUT2D eigenvalue weighted by atomic mass is 35.5. The summed E-state index contributed by atoms with van der Waals surface area (Å²) in [6.45, 7) is 5.01. The van der Waals surface area contributed by atoms with Crippen molar-refractivity contribution in [3.05, 3.63) is 28.8 Å². The van der Waals surface area contributed by atoms with Gasteiger partial charge in [-0.3, -0.25) is 0 Å². The van der Waals surface area contributed by atoms with Crippen LogP contribution in [0.2, 0.25) is 5.02 Å². The van der Waals surface area contributed by atoms with Crippen molar-refractivity contribution >= 4 is 11.6 Å². The van der Waals surface area contributed by atoms with E-state index in [0.29, 0.717) is 6.54 Å². The van der Waals surface area contributed by atoms with Crippen LogP contribution in [0.25, 0.3) is 0 Å². The number of nitrogens with two attached hydrogens (primary N) is 1. The number of hydrogen-bond acceptors (Lipinski definition) is 2. The lowest BCUT2D eigenvalue weighted by Gasteiger charge is -2.27. The van der Waals surface area contributed by atoms with Crippen molar-refractivity contribution < 1.29 is 4.74 Å². The second-order valence-corrected chi connectivity index (χ2v) is 4.94. The quantitative estimate of drug-likeness (QED) is 0.859. The fraction of sp³-hybridized carbons (Fsp3) is 0.538. The second kappa shape index (κ2) is 5.55. The third-order valence-corrected chi connectivity index (χ3v) is 3.44. The van der Waals surface area contributed by atoms with E-state index >= 15 is 0 Å². The maximum absolute atomic E-state index is 6.00. The predicted octanol–water partition coefficient (Wildman–Crippen LogP) is 3.27. The topological polar surface area (TPSA) is 35.2 Å². The monoisotopic (exact) mass is 241 g/mol. The summed E-state index contributed by atoms with van der Waals surface area (Å²) in [4.78, 5) is 0. The fourth-order valence-corrected chi connectivity index (χ4v) is 1.88. The normalized spacial score (nSPS) is 14.6. The molecule has 0 aliphatic rings. The molecule has 90 valence electrons. The third-order valence-electron chi connectivity index (χ3n) is 3.21. The first kappa shape index (κ1) is 13.3. The summed E-state index contributed by atoms with van der Waals surface area (Å²) in [5.41, 5.74) is 7.06. The van der Waals surface area contributed by atoms with Crippen molar-refractivity contribution in [3.8, 4) is 5.75 Å². The van der Waals surface area contributed by atoms with Crippen molar-refractivity contribution in [2.24, 2.45) is 11.1 Å². The minimum absolute atomic E-state index is 0.109. The first-order valence-electron chi connectivity index (χ1n) is 5.57. The van der Waals surface area contributed by atoms with Gasteiger partial charge in [-0.2, -0.15) is 0 Å². The van der Waals surface area contributed by atoms with Crippen LogP contribution in [0.4, 0.5) is 0 Å². The Morgan fingerprint density at radius 1 is 1.44 bits per heavy atom. The number of rotatable bonds is 5. The summed E-state index contributed by atoms with van der Waals surface area (Å²) in [6, 6.07) is 5.71. The Morgan fingerprint density at radius 3 is 2.62 bits per heavy atom. The van der Waals surface area contributed by atoms with Gasteiger partial charge in [0.1, 0.15) is 5.75 Å². The lowest BCUT2D eigenvalue weighted by Crippen LogP contribution is -2.28. The van der Waals surface area contributed by atoms with Crippen molar-refractivity contribution in [1.29, 1.82) is 0 Å². The summed E-state index contributed by atoms with van der Waals surface area (Å²) in [5, 5.41) is 0.742. The Morgan fingerprint density at radius 2 is 2.12 bits per heavy atom. The summed E-state index contributed by atoms with van der Waals surface area (Å²) in [5.74, 6) is 0.887. The Hall–Kier alpha value is -0.730. The van der Waals surface area contributed by atoms with E-state index in [-0.39, 0.29) is 5.41 Å². The van der Waals surface area contributed by atoms with Gasteiger partial charge in [0.05, 0.1) is 7.11 Å². The van der Waals surface area contributed by atoms with E-state index in [9.17, 15) is 0 Å². The van der Waals surface area contributed by atoms with Crippen molar-refractivity contribution in [1.82, 2.24) is 0 Å². The summed E-state index contributed by atoms with van der Waals surface area (Å²) in [7, 11) is 1.68. The van der Waals surface area contributed by atoms with Gasteiger partial charge in [0, 0.05) is 5.02 Å². The second-order valence-electron chi connectivity index (χ2n) is 4.50. The molecule has 0 saturated carbocycles. The Labute approximate surface area is 103 Å². The van der Waals surface area contributed by atoms with E-state index in [0.717, 1.165) is 29.2 Å². The first-order valence-corrected chi connectivity index (χ1v) is 5.95. The van der Waals surface area contributed by atoms with Crippen LogP contribution >= 0.6 is 11.6 Å². The zero-order valence-corrected chi connectivity index (χ0v) is 11.0. The number of methoxy groups -OCH3 is 1. The molecular formula is C13H20ClNO. The third kappa shape index (κ3) is 3.13. The van der Waals surface area contributed by atoms with Crippen molar-refractivity contribution in [2.75, 3.05) is 13.7 Å². The molecule has 1 unspecified atom stereocenters. The minimum Gasteiger partial charge on any atom is -0.496 e. The smallest absolute Gasteiger partial charge is 0.122 e. The highest BCUT2D eigenvalue weighted by molar-refractivity contribution is 6.30. The Kier molecular flexibility index (Phi) is 4.63. The SMILES string of the molecule is CCC(C)(CN)Cc1cc(Cl)ccc1OC. The molecule has 0 bridgehead atoms. The van der Waals surface area contributed by atoms with Gasteiger partial charge in [0.25, 0.3) is 0 Å². The van der Waals surface area contributed by atoms with Gasteiger partial charge in [-0.05, 0) is 48.6 Å². The average molecular weight is 242 g/mol. The number of halogens is 1. The van der Waals surface area contributed by atoms with Crippen LogP contribution in [0, 0.1) is 5.41 Å².